The number of anilines is 3. The number of fused-ring (bicyclic) bond motifs is 11. The van der Waals surface area contributed by atoms with Gasteiger partial charge in [-0.05, 0) is 80.7 Å². The largest absolute Gasteiger partial charge is 0.455 e. The Morgan fingerprint density at radius 1 is 0.298 bits per heavy atom. The highest BCUT2D eigenvalue weighted by Crippen LogP contribution is 2.47. The normalized spacial score (nSPS) is 11.9. The average molecular weight is 728 g/mol. The molecule has 0 amide bonds. The second-order valence-electron chi connectivity index (χ2n) is 14.8. The Morgan fingerprint density at radius 2 is 0.947 bits per heavy atom. The van der Waals surface area contributed by atoms with Gasteiger partial charge in [0.1, 0.15) is 16.7 Å². The summed E-state index contributed by atoms with van der Waals surface area (Å²) in [5.74, 6) is 0. The molecule has 12 rings (SSSR count). The molecule has 12 aromatic rings. The molecule has 0 fully saturated rings. The molecule has 0 aliphatic carbocycles. The minimum absolute atomic E-state index is 0.859. The van der Waals surface area contributed by atoms with E-state index in [0.29, 0.717) is 0 Å². The molecule has 0 saturated heterocycles. The van der Waals surface area contributed by atoms with Crippen LogP contribution in [0.3, 0.4) is 0 Å². The highest BCUT2D eigenvalue weighted by atomic mass is 16.3. The lowest BCUT2D eigenvalue weighted by Gasteiger charge is -2.27. The second-order valence-corrected chi connectivity index (χ2v) is 14.8. The first-order chi connectivity index (χ1) is 28.3. The summed E-state index contributed by atoms with van der Waals surface area (Å²) in [6, 6.07) is 71.4. The maximum absolute atomic E-state index is 6.97. The van der Waals surface area contributed by atoms with E-state index < -0.39 is 0 Å². The van der Waals surface area contributed by atoms with Crippen LogP contribution < -0.4 is 4.90 Å². The summed E-state index contributed by atoms with van der Waals surface area (Å²) in [5, 5.41) is 11.5. The van der Waals surface area contributed by atoms with Gasteiger partial charge in [0.15, 0.2) is 5.58 Å². The van der Waals surface area contributed by atoms with Gasteiger partial charge in [-0.3, -0.25) is 0 Å². The van der Waals surface area contributed by atoms with Crippen LogP contribution in [-0.2, 0) is 0 Å². The summed E-state index contributed by atoms with van der Waals surface area (Å²) in [6.45, 7) is 0. The van der Waals surface area contributed by atoms with Crippen molar-refractivity contribution in [3.05, 3.63) is 200 Å². The summed E-state index contributed by atoms with van der Waals surface area (Å²) >= 11 is 0. The second kappa shape index (κ2) is 12.5. The van der Waals surface area contributed by atoms with Crippen molar-refractivity contribution in [3.63, 3.8) is 0 Å². The Balaban J connectivity index is 1.05. The van der Waals surface area contributed by atoms with Gasteiger partial charge < -0.3 is 13.7 Å². The summed E-state index contributed by atoms with van der Waals surface area (Å²) in [4.78, 5) is 2.38. The van der Waals surface area contributed by atoms with Crippen molar-refractivity contribution >= 4 is 93.3 Å². The van der Waals surface area contributed by atoms with Gasteiger partial charge in [-0.15, -0.1) is 0 Å². The van der Waals surface area contributed by atoms with Crippen LogP contribution in [-0.4, -0.2) is 0 Å². The number of rotatable bonds is 5. The third-order valence-electron chi connectivity index (χ3n) is 11.6. The van der Waals surface area contributed by atoms with Crippen LogP contribution in [0, 0.1) is 0 Å². The maximum atomic E-state index is 6.97. The molecule has 3 heteroatoms. The van der Waals surface area contributed by atoms with Crippen molar-refractivity contribution < 1.29 is 8.83 Å². The van der Waals surface area contributed by atoms with Crippen molar-refractivity contribution in [2.75, 3.05) is 4.90 Å². The fourth-order valence-electron chi connectivity index (χ4n) is 8.94. The Hall–Kier alpha value is -7.62. The molecular weight excluding hydrogens is 695 g/mol. The van der Waals surface area contributed by atoms with Crippen LogP contribution in [0.25, 0.3) is 98.4 Å². The van der Waals surface area contributed by atoms with E-state index >= 15 is 0 Å². The van der Waals surface area contributed by atoms with E-state index in [1.807, 2.05) is 6.07 Å². The SMILES string of the molecule is c1ccc(-c2cccc3c2oc2ccc(-c4ccc(N(c5cc6ccccc6c6ccccc56)c5cccc6c5oc5c7ccccc7ccc65)cc4)cc23)cc1. The first kappa shape index (κ1) is 31.7. The summed E-state index contributed by atoms with van der Waals surface area (Å²) in [5.41, 5.74) is 11.2. The van der Waals surface area contributed by atoms with Gasteiger partial charge in [0.05, 0.1) is 11.4 Å². The molecule has 10 aromatic carbocycles. The maximum Gasteiger partial charge on any atom is 0.159 e. The lowest BCUT2D eigenvalue weighted by atomic mass is 9.98. The van der Waals surface area contributed by atoms with Gasteiger partial charge in [0.25, 0.3) is 0 Å². The molecule has 0 saturated carbocycles. The fourth-order valence-corrected chi connectivity index (χ4v) is 8.94. The smallest absolute Gasteiger partial charge is 0.159 e. The molecular formula is C54H33NO2. The van der Waals surface area contributed by atoms with Gasteiger partial charge in [0.2, 0.25) is 0 Å². The van der Waals surface area contributed by atoms with E-state index in [-0.39, 0.29) is 0 Å². The third-order valence-corrected chi connectivity index (χ3v) is 11.6. The Bertz CT molecular complexity index is 3520. The molecule has 0 unspecified atom stereocenters. The zero-order valence-corrected chi connectivity index (χ0v) is 30.8. The fraction of sp³-hybridized carbons (Fsp3) is 0. The van der Waals surface area contributed by atoms with Crippen molar-refractivity contribution in [1.82, 2.24) is 0 Å². The monoisotopic (exact) mass is 727 g/mol. The number of hydrogen-bond donors (Lipinski definition) is 0. The number of furan rings is 2. The van der Waals surface area contributed by atoms with Crippen LogP contribution >= 0.6 is 0 Å². The van der Waals surface area contributed by atoms with Crippen molar-refractivity contribution in [2.45, 2.75) is 0 Å². The van der Waals surface area contributed by atoms with E-state index in [1.54, 1.807) is 0 Å². The van der Waals surface area contributed by atoms with Crippen LogP contribution in [0.2, 0.25) is 0 Å². The molecule has 57 heavy (non-hydrogen) atoms. The van der Waals surface area contributed by atoms with Gasteiger partial charge >= 0.3 is 0 Å². The van der Waals surface area contributed by atoms with E-state index in [1.165, 1.54) is 21.5 Å². The summed E-state index contributed by atoms with van der Waals surface area (Å²) in [6.07, 6.45) is 0. The molecule has 0 aliphatic rings. The molecule has 0 aliphatic heterocycles. The Morgan fingerprint density at radius 3 is 1.79 bits per heavy atom. The zero-order valence-electron chi connectivity index (χ0n) is 30.8. The molecule has 0 atom stereocenters. The highest BCUT2D eigenvalue weighted by Gasteiger charge is 2.23. The van der Waals surface area contributed by atoms with Crippen LogP contribution in [0.1, 0.15) is 0 Å². The molecule has 0 N–H and O–H groups in total. The van der Waals surface area contributed by atoms with Crippen molar-refractivity contribution in [1.29, 1.82) is 0 Å². The minimum atomic E-state index is 0.859. The number of para-hydroxylation sites is 2. The number of hydrogen-bond acceptors (Lipinski definition) is 3. The van der Waals surface area contributed by atoms with Gasteiger partial charge in [-0.1, -0.05) is 158 Å². The summed E-state index contributed by atoms with van der Waals surface area (Å²) < 4.78 is 13.5. The molecule has 2 aromatic heterocycles. The van der Waals surface area contributed by atoms with E-state index in [0.717, 1.165) is 94.0 Å². The van der Waals surface area contributed by atoms with Crippen molar-refractivity contribution in [2.24, 2.45) is 0 Å². The first-order valence-corrected chi connectivity index (χ1v) is 19.4. The number of benzene rings is 10. The van der Waals surface area contributed by atoms with Crippen LogP contribution in [0.5, 0.6) is 0 Å². The average Bonchev–Trinajstić information content (AvgIpc) is 3.86. The molecule has 0 bridgehead atoms. The zero-order chi connectivity index (χ0) is 37.5. The lowest BCUT2D eigenvalue weighted by molar-refractivity contribution is 0.670. The number of nitrogens with zero attached hydrogens (tertiary/aromatic N) is 1. The molecule has 0 spiro atoms. The van der Waals surface area contributed by atoms with Gasteiger partial charge in [0, 0.05) is 43.6 Å². The summed E-state index contributed by atoms with van der Waals surface area (Å²) in [7, 11) is 0. The predicted molar refractivity (Wildman–Crippen MR) is 239 cm³/mol. The molecule has 0 radical (unpaired) electrons. The lowest BCUT2D eigenvalue weighted by Crippen LogP contribution is -2.11. The third kappa shape index (κ3) is 4.92. The van der Waals surface area contributed by atoms with Crippen LogP contribution in [0.15, 0.2) is 209 Å². The van der Waals surface area contributed by atoms with E-state index in [9.17, 15) is 0 Å². The Kier molecular flexibility index (Phi) is 6.93. The van der Waals surface area contributed by atoms with E-state index in [2.05, 4.69) is 199 Å². The first-order valence-electron chi connectivity index (χ1n) is 19.4. The molecule has 2 heterocycles. The highest BCUT2D eigenvalue weighted by molar-refractivity contribution is 6.19. The Labute approximate surface area is 328 Å². The van der Waals surface area contributed by atoms with Crippen LogP contribution in [0.4, 0.5) is 17.1 Å². The van der Waals surface area contributed by atoms with E-state index in [4.69, 9.17) is 8.83 Å². The minimum Gasteiger partial charge on any atom is -0.455 e. The quantitative estimate of drug-likeness (QED) is 0.165. The van der Waals surface area contributed by atoms with Gasteiger partial charge in [-0.25, -0.2) is 0 Å². The van der Waals surface area contributed by atoms with Gasteiger partial charge in [-0.2, -0.15) is 0 Å². The predicted octanol–water partition coefficient (Wildman–Crippen LogP) is 15.7. The molecule has 3 nitrogen and oxygen atoms in total. The van der Waals surface area contributed by atoms with Crippen molar-refractivity contribution in [3.8, 4) is 22.3 Å². The molecule has 266 valence electrons. The standard InChI is InChI=1S/C54H33NO2/c1-2-12-35(13-3-1)42-20-10-21-46-48-32-37(27-31-51(48)56-52(42)46)34-24-28-39(29-25-34)55(50-33-38-15-5-6-16-40(38)43-18-8-9-19-44(43)50)49-23-11-22-45-47-30-26-36-14-4-7-17-41(36)53(47)57-54(45)49/h1-33H. The topological polar surface area (TPSA) is 29.5 Å².